The van der Waals surface area contributed by atoms with Crippen molar-refractivity contribution < 1.29 is 0 Å². The van der Waals surface area contributed by atoms with Crippen LogP contribution in [0.4, 0.5) is 0 Å². The van der Waals surface area contributed by atoms with E-state index >= 15 is 0 Å². The molecule has 2 heteroatoms. The molecule has 9 aromatic carbocycles. The molecule has 0 N–H and O–H groups in total. The van der Waals surface area contributed by atoms with Crippen LogP contribution in [-0.4, -0.2) is 4.57 Å². The summed E-state index contributed by atoms with van der Waals surface area (Å²) in [6, 6.07) is 69.2. The van der Waals surface area contributed by atoms with Gasteiger partial charge in [-0.05, 0) is 86.6 Å². The molecule has 0 aliphatic rings. The average molecular weight is 700 g/mol. The van der Waals surface area contributed by atoms with Gasteiger partial charge < -0.3 is 4.57 Å². The second-order valence-corrected chi connectivity index (χ2v) is 13.9. The summed E-state index contributed by atoms with van der Waals surface area (Å²) < 4.78 is 2.35. The molecular formula is C53H33NO. The second kappa shape index (κ2) is 13.5. The number of hydrogen-bond donors (Lipinski definition) is 0. The third-order valence-corrected chi connectivity index (χ3v) is 10.6. The molecule has 0 unspecified atom stereocenters. The Hall–Kier alpha value is -7.47. The first-order valence-corrected chi connectivity index (χ1v) is 18.6. The fourth-order valence-corrected chi connectivity index (χ4v) is 7.99. The molecule has 0 aliphatic carbocycles. The van der Waals surface area contributed by atoms with Gasteiger partial charge in [0.1, 0.15) is 0 Å². The van der Waals surface area contributed by atoms with E-state index in [0.717, 1.165) is 49.7 Å². The summed E-state index contributed by atoms with van der Waals surface area (Å²) in [6.45, 7) is 0. The molecule has 0 atom stereocenters. The van der Waals surface area contributed by atoms with Crippen LogP contribution in [0.15, 0.2) is 205 Å². The van der Waals surface area contributed by atoms with E-state index in [1.54, 1.807) is 0 Å². The standard InChI is InChI=1S/C53H33NO/c55-53-45-23-11-8-19-39(45)27-29-41-21-13-24-46(52(41)53)44-22-10-7-18-38(44)26-28-40-20-9-12-25-49(40)54-50-32-30-42(36-14-3-1-4-15-36)34-47(50)48-35-43(31-33-51(48)54)37-16-5-2-6-17-37/h1-25,27,29-35H. The first-order valence-electron chi connectivity index (χ1n) is 18.6. The first-order chi connectivity index (χ1) is 27.2. The van der Waals surface area contributed by atoms with Gasteiger partial charge in [-0.2, -0.15) is 0 Å². The molecule has 2 nitrogen and oxygen atoms in total. The first kappa shape index (κ1) is 32.2. The van der Waals surface area contributed by atoms with Gasteiger partial charge in [-0.3, -0.25) is 4.79 Å². The Kier molecular flexibility index (Phi) is 7.90. The SMILES string of the molecule is O=c1c2ccccc2ccc2cccc(-c3ccccc3C#Cc3ccccc3-n3c4ccc(-c5ccccc5)cc4c4cc(-c5ccccc5)ccc43)c12. The zero-order chi connectivity index (χ0) is 36.7. The highest BCUT2D eigenvalue weighted by atomic mass is 16.1. The van der Waals surface area contributed by atoms with Crippen molar-refractivity contribution in [2.24, 2.45) is 0 Å². The Bertz CT molecular complexity index is 3120. The lowest BCUT2D eigenvalue weighted by atomic mass is 9.95. The maximum atomic E-state index is 14.1. The predicted octanol–water partition coefficient (Wildman–Crippen LogP) is 12.9. The number of benzene rings is 8. The third kappa shape index (κ3) is 5.67. The van der Waals surface area contributed by atoms with E-state index in [1.807, 2.05) is 78.9 Å². The largest absolute Gasteiger partial charge is 0.308 e. The van der Waals surface area contributed by atoms with Crippen LogP contribution in [0.25, 0.3) is 82.4 Å². The minimum absolute atomic E-state index is 0.0246. The molecule has 0 spiro atoms. The summed E-state index contributed by atoms with van der Waals surface area (Å²) in [6.07, 6.45) is 0. The van der Waals surface area contributed by atoms with Gasteiger partial charge >= 0.3 is 0 Å². The maximum Gasteiger partial charge on any atom is 0.194 e. The fourth-order valence-electron chi connectivity index (χ4n) is 7.99. The van der Waals surface area contributed by atoms with Gasteiger partial charge in [-0.15, -0.1) is 0 Å². The van der Waals surface area contributed by atoms with Crippen molar-refractivity contribution >= 4 is 43.4 Å². The summed E-state index contributed by atoms with van der Waals surface area (Å²) >= 11 is 0. The lowest BCUT2D eigenvalue weighted by Crippen LogP contribution is -2.01. The monoisotopic (exact) mass is 699 g/mol. The molecule has 0 fully saturated rings. The van der Waals surface area contributed by atoms with Crippen LogP contribution in [0, 0.1) is 11.8 Å². The van der Waals surface area contributed by atoms with Crippen molar-refractivity contribution in [3.8, 4) is 50.9 Å². The number of hydrogen-bond acceptors (Lipinski definition) is 1. The lowest BCUT2D eigenvalue weighted by Gasteiger charge is -2.11. The summed E-state index contributed by atoms with van der Waals surface area (Å²) in [5, 5.41) is 5.62. The van der Waals surface area contributed by atoms with E-state index < -0.39 is 0 Å². The molecule has 0 bridgehead atoms. The summed E-state index contributed by atoms with van der Waals surface area (Å²) in [5.41, 5.74) is 11.6. The molecule has 0 aliphatic heterocycles. The van der Waals surface area contributed by atoms with Gasteiger partial charge in [0.05, 0.1) is 16.7 Å². The molecule has 256 valence electrons. The highest BCUT2D eigenvalue weighted by Crippen LogP contribution is 2.38. The average Bonchev–Trinajstić information content (AvgIpc) is 3.50. The topological polar surface area (TPSA) is 22.0 Å². The maximum absolute atomic E-state index is 14.1. The molecule has 0 amide bonds. The van der Waals surface area contributed by atoms with Gasteiger partial charge in [0.2, 0.25) is 0 Å². The third-order valence-electron chi connectivity index (χ3n) is 10.6. The van der Waals surface area contributed by atoms with Crippen LogP contribution < -0.4 is 5.43 Å². The summed E-state index contributed by atoms with van der Waals surface area (Å²) in [4.78, 5) is 14.1. The van der Waals surface area contributed by atoms with E-state index in [-0.39, 0.29) is 5.43 Å². The van der Waals surface area contributed by atoms with E-state index in [0.29, 0.717) is 10.8 Å². The minimum atomic E-state index is 0.0246. The second-order valence-electron chi connectivity index (χ2n) is 13.9. The van der Waals surface area contributed by atoms with Crippen molar-refractivity contribution in [2.45, 2.75) is 0 Å². The van der Waals surface area contributed by atoms with Crippen LogP contribution in [0.2, 0.25) is 0 Å². The number of fused-ring (bicyclic) bond motifs is 5. The van der Waals surface area contributed by atoms with Crippen LogP contribution in [0.3, 0.4) is 0 Å². The van der Waals surface area contributed by atoms with Crippen molar-refractivity contribution in [1.29, 1.82) is 0 Å². The molecule has 55 heavy (non-hydrogen) atoms. The Morgan fingerprint density at radius 3 is 1.60 bits per heavy atom. The van der Waals surface area contributed by atoms with Gasteiger partial charge in [0.25, 0.3) is 0 Å². The molecular weight excluding hydrogens is 667 g/mol. The Morgan fingerprint density at radius 2 is 0.891 bits per heavy atom. The van der Waals surface area contributed by atoms with Crippen molar-refractivity contribution in [3.63, 3.8) is 0 Å². The quantitative estimate of drug-likeness (QED) is 0.168. The van der Waals surface area contributed by atoms with Crippen LogP contribution in [0.1, 0.15) is 11.1 Å². The molecule has 0 saturated carbocycles. The van der Waals surface area contributed by atoms with E-state index in [2.05, 4.69) is 138 Å². The Labute approximate surface area is 319 Å². The normalized spacial score (nSPS) is 11.2. The zero-order valence-corrected chi connectivity index (χ0v) is 29.9. The molecule has 1 aromatic heterocycles. The van der Waals surface area contributed by atoms with E-state index in [1.165, 1.54) is 33.0 Å². The fraction of sp³-hybridized carbons (Fsp3) is 0. The molecule has 0 radical (unpaired) electrons. The lowest BCUT2D eigenvalue weighted by molar-refractivity contribution is 1.17. The summed E-state index contributed by atoms with van der Waals surface area (Å²) in [5.74, 6) is 7.13. The van der Waals surface area contributed by atoms with Gasteiger partial charge in [0.15, 0.2) is 5.43 Å². The van der Waals surface area contributed by atoms with Gasteiger partial charge in [-0.1, -0.05) is 170 Å². The Balaban J connectivity index is 1.16. The number of aromatic nitrogens is 1. The molecule has 10 rings (SSSR count). The Morgan fingerprint density at radius 1 is 0.364 bits per heavy atom. The highest BCUT2D eigenvalue weighted by molar-refractivity contribution is 6.12. The molecule has 0 saturated heterocycles. The minimum Gasteiger partial charge on any atom is -0.308 e. The van der Waals surface area contributed by atoms with Crippen LogP contribution in [-0.2, 0) is 0 Å². The summed E-state index contributed by atoms with van der Waals surface area (Å²) in [7, 11) is 0. The van der Waals surface area contributed by atoms with E-state index in [9.17, 15) is 4.79 Å². The van der Waals surface area contributed by atoms with Crippen LogP contribution >= 0.6 is 0 Å². The van der Waals surface area contributed by atoms with Gasteiger partial charge in [0, 0.05) is 32.7 Å². The van der Waals surface area contributed by atoms with Crippen molar-refractivity contribution in [3.05, 3.63) is 222 Å². The highest BCUT2D eigenvalue weighted by Gasteiger charge is 2.17. The number of nitrogens with zero attached hydrogens (tertiary/aromatic N) is 1. The number of rotatable bonds is 4. The van der Waals surface area contributed by atoms with Crippen molar-refractivity contribution in [2.75, 3.05) is 0 Å². The smallest absolute Gasteiger partial charge is 0.194 e. The molecule has 10 aromatic rings. The zero-order valence-electron chi connectivity index (χ0n) is 29.9. The van der Waals surface area contributed by atoms with Gasteiger partial charge in [-0.25, -0.2) is 0 Å². The number of para-hydroxylation sites is 1. The van der Waals surface area contributed by atoms with Crippen LogP contribution in [0.5, 0.6) is 0 Å². The predicted molar refractivity (Wildman–Crippen MR) is 231 cm³/mol. The van der Waals surface area contributed by atoms with E-state index in [4.69, 9.17) is 0 Å². The van der Waals surface area contributed by atoms with Crippen molar-refractivity contribution in [1.82, 2.24) is 4.57 Å². The molecule has 1 heterocycles.